The van der Waals surface area contributed by atoms with Crippen molar-refractivity contribution in [2.24, 2.45) is 5.92 Å². The smallest absolute Gasteiger partial charge is 0.348 e. The average Bonchev–Trinajstić information content (AvgIpc) is 2.93. The van der Waals surface area contributed by atoms with Crippen LogP contribution < -0.4 is 5.73 Å². The van der Waals surface area contributed by atoms with Gasteiger partial charge in [0.2, 0.25) is 0 Å². The molecule has 1 fully saturated rings. The standard InChI is InChI=1S/C16H25NO2S/c1-4-11-12(17)13(15(18)19)20-14(11)16(9-10(2)3)7-5-6-8-16/h10H,4-9,17H2,1-3H3,(H,18,19). The van der Waals surface area contributed by atoms with E-state index in [1.165, 1.54) is 41.9 Å². The molecule has 1 aromatic rings. The first-order chi connectivity index (χ1) is 9.41. The van der Waals surface area contributed by atoms with E-state index >= 15 is 0 Å². The summed E-state index contributed by atoms with van der Waals surface area (Å²) in [4.78, 5) is 13.0. The minimum Gasteiger partial charge on any atom is -0.477 e. The summed E-state index contributed by atoms with van der Waals surface area (Å²) in [7, 11) is 0. The summed E-state index contributed by atoms with van der Waals surface area (Å²) in [5, 5.41) is 9.34. The van der Waals surface area contributed by atoms with Crippen LogP contribution in [-0.4, -0.2) is 11.1 Å². The molecule has 112 valence electrons. The first kappa shape index (κ1) is 15.4. The topological polar surface area (TPSA) is 63.3 Å². The molecule has 20 heavy (non-hydrogen) atoms. The zero-order chi connectivity index (χ0) is 14.9. The number of thiophene rings is 1. The van der Waals surface area contributed by atoms with Crippen molar-refractivity contribution in [3.63, 3.8) is 0 Å². The molecule has 1 heterocycles. The van der Waals surface area contributed by atoms with Gasteiger partial charge in [-0.15, -0.1) is 11.3 Å². The molecule has 1 saturated carbocycles. The first-order valence-electron chi connectivity index (χ1n) is 7.56. The third-order valence-electron chi connectivity index (χ3n) is 4.44. The maximum atomic E-state index is 11.4. The van der Waals surface area contributed by atoms with Crippen LogP contribution in [0.1, 0.15) is 73.0 Å². The predicted octanol–water partition coefficient (Wildman–Crippen LogP) is 4.45. The first-order valence-corrected chi connectivity index (χ1v) is 8.38. The lowest BCUT2D eigenvalue weighted by Gasteiger charge is -2.31. The fourth-order valence-electron chi connectivity index (χ4n) is 3.77. The third kappa shape index (κ3) is 2.58. The van der Waals surface area contributed by atoms with Gasteiger partial charge in [0.25, 0.3) is 0 Å². The van der Waals surface area contributed by atoms with E-state index in [-0.39, 0.29) is 5.41 Å². The number of hydrogen-bond donors (Lipinski definition) is 2. The molecule has 0 bridgehead atoms. The van der Waals surface area contributed by atoms with Crippen LogP contribution in [0.2, 0.25) is 0 Å². The minimum atomic E-state index is -0.883. The zero-order valence-corrected chi connectivity index (χ0v) is 13.5. The van der Waals surface area contributed by atoms with E-state index < -0.39 is 5.97 Å². The molecule has 0 saturated heterocycles. The van der Waals surface area contributed by atoms with E-state index in [2.05, 4.69) is 20.8 Å². The second-order valence-electron chi connectivity index (χ2n) is 6.40. The molecule has 3 nitrogen and oxygen atoms in total. The van der Waals surface area contributed by atoms with E-state index in [9.17, 15) is 9.90 Å². The van der Waals surface area contributed by atoms with Gasteiger partial charge in [-0.25, -0.2) is 4.79 Å². The van der Waals surface area contributed by atoms with Gasteiger partial charge < -0.3 is 10.8 Å². The largest absolute Gasteiger partial charge is 0.477 e. The van der Waals surface area contributed by atoms with Crippen LogP contribution in [0.4, 0.5) is 5.69 Å². The Kier molecular flexibility index (Phi) is 4.43. The molecule has 2 rings (SSSR count). The van der Waals surface area contributed by atoms with Gasteiger partial charge in [0.05, 0.1) is 5.69 Å². The number of aromatic carboxylic acids is 1. The molecular weight excluding hydrogens is 270 g/mol. The number of nitrogens with two attached hydrogens (primary N) is 1. The Balaban J connectivity index is 2.53. The number of rotatable bonds is 5. The van der Waals surface area contributed by atoms with Crippen molar-refractivity contribution in [3.05, 3.63) is 15.3 Å². The SMILES string of the molecule is CCc1c(C2(CC(C)C)CCCC2)sc(C(=O)O)c1N. The summed E-state index contributed by atoms with van der Waals surface area (Å²) in [5.74, 6) is -0.263. The monoisotopic (exact) mass is 295 g/mol. The molecule has 1 aromatic heterocycles. The Morgan fingerprint density at radius 1 is 1.40 bits per heavy atom. The van der Waals surface area contributed by atoms with Gasteiger partial charge in [0, 0.05) is 10.3 Å². The van der Waals surface area contributed by atoms with Crippen molar-refractivity contribution in [1.82, 2.24) is 0 Å². The predicted molar refractivity (Wildman–Crippen MR) is 84.7 cm³/mol. The van der Waals surface area contributed by atoms with Crippen LogP contribution in [0.25, 0.3) is 0 Å². The van der Waals surface area contributed by atoms with E-state index in [1.54, 1.807) is 0 Å². The van der Waals surface area contributed by atoms with Crippen molar-refractivity contribution in [2.75, 3.05) is 5.73 Å². The maximum absolute atomic E-state index is 11.4. The normalized spacial score (nSPS) is 17.8. The summed E-state index contributed by atoms with van der Waals surface area (Å²) in [6, 6.07) is 0. The number of carbonyl (C=O) groups is 1. The van der Waals surface area contributed by atoms with Crippen LogP contribution >= 0.6 is 11.3 Å². The molecule has 0 spiro atoms. The number of carboxylic acids is 1. The molecule has 1 aliphatic rings. The van der Waals surface area contributed by atoms with Gasteiger partial charge in [0.1, 0.15) is 4.88 Å². The molecule has 0 radical (unpaired) electrons. The lowest BCUT2D eigenvalue weighted by molar-refractivity contribution is 0.0703. The lowest BCUT2D eigenvalue weighted by atomic mass is 9.75. The van der Waals surface area contributed by atoms with Gasteiger partial charge in [-0.3, -0.25) is 0 Å². The summed E-state index contributed by atoms with van der Waals surface area (Å²) < 4.78 is 0. The minimum absolute atomic E-state index is 0.173. The third-order valence-corrected chi connectivity index (χ3v) is 5.92. The maximum Gasteiger partial charge on any atom is 0.348 e. The fourth-order valence-corrected chi connectivity index (χ4v) is 5.18. The molecule has 1 aliphatic carbocycles. The van der Waals surface area contributed by atoms with E-state index in [1.807, 2.05) is 0 Å². The number of hydrogen-bond acceptors (Lipinski definition) is 3. The highest BCUT2D eigenvalue weighted by Crippen LogP contribution is 2.51. The summed E-state index contributed by atoms with van der Waals surface area (Å²) >= 11 is 1.43. The van der Waals surface area contributed by atoms with E-state index in [0.29, 0.717) is 16.5 Å². The van der Waals surface area contributed by atoms with Crippen LogP contribution in [-0.2, 0) is 11.8 Å². The highest BCUT2D eigenvalue weighted by molar-refractivity contribution is 7.15. The van der Waals surface area contributed by atoms with Crippen LogP contribution in [0.15, 0.2) is 0 Å². The number of nitrogen functional groups attached to an aromatic ring is 1. The van der Waals surface area contributed by atoms with E-state index in [0.717, 1.165) is 18.4 Å². The summed E-state index contributed by atoms with van der Waals surface area (Å²) in [5.41, 5.74) is 7.88. The Hall–Kier alpha value is -1.03. The van der Waals surface area contributed by atoms with Gasteiger partial charge in [-0.05, 0) is 37.2 Å². The van der Waals surface area contributed by atoms with E-state index in [4.69, 9.17) is 5.73 Å². The summed E-state index contributed by atoms with van der Waals surface area (Å²) in [6.45, 7) is 6.58. The highest BCUT2D eigenvalue weighted by Gasteiger charge is 2.40. The lowest BCUT2D eigenvalue weighted by Crippen LogP contribution is -2.24. The van der Waals surface area contributed by atoms with Crippen LogP contribution in [0.3, 0.4) is 0 Å². The molecule has 3 N–H and O–H groups in total. The molecule has 0 unspecified atom stereocenters. The quantitative estimate of drug-likeness (QED) is 0.843. The van der Waals surface area contributed by atoms with Crippen molar-refractivity contribution >= 4 is 23.0 Å². The molecule has 0 aliphatic heterocycles. The average molecular weight is 295 g/mol. The zero-order valence-electron chi connectivity index (χ0n) is 12.7. The van der Waals surface area contributed by atoms with Gasteiger partial charge in [-0.1, -0.05) is 33.6 Å². The molecular formula is C16H25NO2S. The van der Waals surface area contributed by atoms with Crippen molar-refractivity contribution < 1.29 is 9.90 Å². The van der Waals surface area contributed by atoms with Crippen LogP contribution in [0, 0.1) is 5.92 Å². The highest BCUT2D eigenvalue weighted by atomic mass is 32.1. The Morgan fingerprint density at radius 3 is 2.45 bits per heavy atom. The van der Waals surface area contributed by atoms with Gasteiger partial charge in [0.15, 0.2) is 0 Å². The van der Waals surface area contributed by atoms with Crippen molar-refractivity contribution in [2.45, 2.75) is 64.7 Å². The number of carboxylic acid groups (broad SMARTS) is 1. The second-order valence-corrected chi connectivity index (χ2v) is 7.42. The molecule has 0 atom stereocenters. The van der Waals surface area contributed by atoms with Crippen molar-refractivity contribution in [3.8, 4) is 0 Å². The van der Waals surface area contributed by atoms with Crippen molar-refractivity contribution in [1.29, 1.82) is 0 Å². The van der Waals surface area contributed by atoms with Gasteiger partial charge in [-0.2, -0.15) is 0 Å². The Morgan fingerprint density at radius 2 is 2.00 bits per heavy atom. The Labute approximate surface area is 125 Å². The fraction of sp³-hybridized carbons (Fsp3) is 0.688. The summed E-state index contributed by atoms with van der Waals surface area (Å²) in [6.07, 6.45) is 6.81. The van der Waals surface area contributed by atoms with Crippen LogP contribution in [0.5, 0.6) is 0 Å². The molecule has 0 aromatic carbocycles. The second kappa shape index (κ2) is 5.76. The Bertz CT molecular complexity index is 499. The number of anilines is 1. The molecule has 0 amide bonds. The van der Waals surface area contributed by atoms with Gasteiger partial charge >= 0.3 is 5.97 Å². The molecule has 4 heteroatoms.